The molecule has 0 radical (unpaired) electrons. The SMILES string of the molecule is CCCCCCCCCCC/C=C/CCCCCC(CC(=O)NC(CO)C(O)CCCCCCCCCCCCCC)OC(=O)CCCCCCCCCCCCCCCCCCCC. The van der Waals surface area contributed by atoms with E-state index >= 15 is 0 Å². The third kappa shape index (κ3) is 48.9. The lowest BCUT2D eigenvalue weighted by molar-refractivity contribution is -0.151. The number of carbonyl (C=O) groups excluding carboxylic acids is 2. The minimum absolute atomic E-state index is 0.0747. The van der Waals surface area contributed by atoms with Crippen LogP contribution in [0.25, 0.3) is 0 Å². The molecule has 65 heavy (non-hydrogen) atoms. The molecule has 0 aromatic rings. The van der Waals surface area contributed by atoms with Gasteiger partial charge in [-0.25, -0.2) is 0 Å². The number of carbonyl (C=O) groups is 2. The number of ether oxygens (including phenoxy) is 1. The van der Waals surface area contributed by atoms with E-state index in [0.717, 1.165) is 57.8 Å². The molecule has 0 rings (SSSR count). The molecule has 0 saturated heterocycles. The van der Waals surface area contributed by atoms with Gasteiger partial charge in [0.2, 0.25) is 5.91 Å². The normalized spacial score (nSPS) is 13.1. The number of rotatable bonds is 54. The molecule has 3 N–H and O–H groups in total. The van der Waals surface area contributed by atoms with E-state index in [2.05, 4.69) is 38.2 Å². The van der Waals surface area contributed by atoms with Gasteiger partial charge in [0.05, 0.1) is 25.2 Å². The molecule has 3 unspecified atom stereocenters. The van der Waals surface area contributed by atoms with E-state index in [0.29, 0.717) is 19.3 Å². The second kappa shape index (κ2) is 53.6. The Hall–Kier alpha value is -1.40. The van der Waals surface area contributed by atoms with Gasteiger partial charge in [-0.15, -0.1) is 0 Å². The van der Waals surface area contributed by atoms with Crippen LogP contribution in [0, 0.1) is 0 Å². The molecular weight excluding hydrogens is 803 g/mol. The van der Waals surface area contributed by atoms with E-state index in [1.54, 1.807) is 0 Å². The number of amides is 1. The van der Waals surface area contributed by atoms with Gasteiger partial charge < -0.3 is 20.3 Å². The first-order valence-electron chi connectivity index (χ1n) is 29.4. The Morgan fingerprint density at radius 3 is 1.11 bits per heavy atom. The Morgan fingerprint density at radius 2 is 0.738 bits per heavy atom. The summed E-state index contributed by atoms with van der Waals surface area (Å²) in [5, 5.41) is 23.8. The molecule has 0 spiro atoms. The minimum atomic E-state index is -0.786. The quantitative estimate of drug-likeness (QED) is 0.0321. The topological polar surface area (TPSA) is 95.9 Å². The highest BCUT2D eigenvalue weighted by atomic mass is 16.5. The fourth-order valence-corrected chi connectivity index (χ4v) is 9.37. The molecule has 0 aromatic heterocycles. The lowest BCUT2D eigenvalue weighted by atomic mass is 10.0. The van der Waals surface area contributed by atoms with Gasteiger partial charge in [-0.1, -0.05) is 277 Å². The van der Waals surface area contributed by atoms with Crippen LogP contribution in [0.15, 0.2) is 12.2 Å². The van der Waals surface area contributed by atoms with Gasteiger partial charge in [0.25, 0.3) is 0 Å². The fourth-order valence-electron chi connectivity index (χ4n) is 9.37. The molecule has 3 atom stereocenters. The molecule has 0 aliphatic carbocycles. The Labute approximate surface area is 406 Å². The maximum atomic E-state index is 13.3. The van der Waals surface area contributed by atoms with Crippen molar-refractivity contribution in [2.45, 2.75) is 347 Å². The van der Waals surface area contributed by atoms with Gasteiger partial charge in [-0.2, -0.15) is 0 Å². The number of aliphatic hydroxyl groups is 2. The van der Waals surface area contributed by atoms with Gasteiger partial charge in [0.1, 0.15) is 6.10 Å². The summed E-state index contributed by atoms with van der Waals surface area (Å²) in [6.45, 7) is 6.52. The number of allylic oxidation sites excluding steroid dienone is 2. The first kappa shape index (κ1) is 63.6. The van der Waals surface area contributed by atoms with Crippen molar-refractivity contribution < 1.29 is 24.5 Å². The number of aliphatic hydroxyl groups excluding tert-OH is 2. The second-order valence-electron chi connectivity index (χ2n) is 20.4. The van der Waals surface area contributed by atoms with Gasteiger partial charge in [-0.05, 0) is 51.4 Å². The molecule has 0 aromatic carbocycles. The monoisotopic (exact) mass is 918 g/mol. The average Bonchev–Trinajstić information content (AvgIpc) is 3.30. The Balaban J connectivity index is 4.51. The van der Waals surface area contributed by atoms with Crippen molar-refractivity contribution >= 4 is 11.9 Å². The van der Waals surface area contributed by atoms with Crippen molar-refractivity contribution in [1.82, 2.24) is 5.32 Å². The third-order valence-corrected chi connectivity index (χ3v) is 13.8. The van der Waals surface area contributed by atoms with Crippen molar-refractivity contribution in [1.29, 1.82) is 0 Å². The van der Waals surface area contributed by atoms with Crippen molar-refractivity contribution in [3.63, 3.8) is 0 Å². The molecular formula is C59H115NO5. The van der Waals surface area contributed by atoms with Crippen LogP contribution >= 0.6 is 0 Å². The highest BCUT2D eigenvalue weighted by Gasteiger charge is 2.24. The predicted octanol–water partition coefficient (Wildman–Crippen LogP) is 18.1. The number of hydrogen-bond acceptors (Lipinski definition) is 5. The van der Waals surface area contributed by atoms with Crippen LogP contribution in [-0.4, -0.2) is 46.9 Å². The molecule has 0 aliphatic heterocycles. The summed E-state index contributed by atoms with van der Waals surface area (Å²) in [4.78, 5) is 26.3. The zero-order valence-corrected chi connectivity index (χ0v) is 44.2. The largest absolute Gasteiger partial charge is 0.462 e. The summed E-state index contributed by atoms with van der Waals surface area (Å²) in [6.07, 6.45) is 61.4. The predicted molar refractivity (Wildman–Crippen MR) is 283 cm³/mol. The molecule has 6 nitrogen and oxygen atoms in total. The van der Waals surface area contributed by atoms with Crippen LogP contribution in [0.2, 0.25) is 0 Å². The van der Waals surface area contributed by atoms with Crippen molar-refractivity contribution in [3.05, 3.63) is 12.2 Å². The molecule has 0 aliphatic rings. The van der Waals surface area contributed by atoms with Crippen LogP contribution in [0.1, 0.15) is 329 Å². The van der Waals surface area contributed by atoms with Crippen LogP contribution in [0.5, 0.6) is 0 Å². The number of esters is 1. The second-order valence-corrected chi connectivity index (χ2v) is 20.4. The summed E-state index contributed by atoms with van der Waals surface area (Å²) < 4.78 is 5.96. The van der Waals surface area contributed by atoms with E-state index in [9.17, 15) is 19.8 Å². The smallest absolute Gasteiger partial charge is 0.306 e. The van der Waals surface area contributed by atoms with Gasteiger partial charge in [0.15, 0.2) is 0 Å². The highest BCUT2D eigenvalue weighted by molar-refractivity contribution is 5.77. The maximum Gasteiger partial charge on any atom is 0.306 e. The first-order valence-corrected chi connectivity index (χ1v) is 29.4. The molecule has 6 heteroatoms. The fraction of sp³-hybridized carbons (Fsp3) is 0.932. The van der Waals surface area contributed by atoms with E-state index in [1.807, 2.05) is 0 Å². The summed E-state index contributed by atoms with van der Waals surface area (Å²) in [5.74, 6) is -0.465. The summed E-state index contributed by atoms with van der Waals surface area (Å²) >= 11 is 0. The van der Waals surface area contributed by atoms with E-state index in [1.165, 1.54) is 225 Å². The molecule has 0 fully saturated rings. The van der Waals surface area contributed by atoms with Crippen LogP contribution in [-0.2, 0) is 14.3 Å². The van der Waals surface area contributed by atoms with E-state index < -0.39 is 18.2 Å². The molecule has 0 saturated carbocycles. The number of hydrogen-bond donors (Lipinski definition) is 3. The zero-order valence-electron chi connectivity index (χ0n) is 44.2. The highest BCUT2D eigenvalue weighted by Crippen LogP contribution is 2.19. The standard InChI is InChI=1S/C59H115NO5/c1-4-7-10-13-16-19-22-25-27-29-30-32-34-37-40-43-46-49-52-59(64)65-55(50-47-44-41-38-35-33-31-28-26-23-20-17-14-11-8-5-2)53-58(63)60-56(54-61)57(62)51-48-45-42-39-36-24-21-18-15-12-9-6-3/h33,35,55-57,61-62H,4-32,34,36-54H2,1-3H3,(H,60,63)/b35-33+. The van der Waals surface area contributed by atoms with Crippen LogP contribution in [0.4, 0.5) is 0 Å². The number of unbranched alkanes of at least 4 members (excludes halogenated alkanes) is 40. The Bertz CT molecular complexity index is 986. The summed E-state index contributed by atoms with van der Waals surface area (Å²) in [5.41, 5.74) is 0. The minimum Gasteiger partial charge on any atom is -0.462 e. The zero-order chi connectivity index (χ0) is 47.4. The summed E-state index contributed by atoms with van der Waals surface area (Å²) in [6, 6.07) is -0.700. The Kier molecular flexibility index (Phi) is 52.4. The van der Waals surface area contributed by atoms with Crippen LogP contribution in [0.3, 0.4) is 0 Å². The Morgan fingerprint density at radius 1 is 0.431 bits per heavy atom. The maximum absolute atomic E-state index is 13.3. The van der Waals surface area contributed by atoms with Crippen molar-refractivity contribution in [2.75, 3.05) is 6.61 Å². The van der Waals surface area contributed by atoms with Gasteiger partial charge >= 0.3 is 5.97 Å². The summed E-state index contributed by atoms with van der Waals surface area (Å²) in [7, 11) is 0. The lowest BCUT2D eigenvalue weighted by Crippen LogP contribution is -2.46. The van der Waals surface area contributed by atoms with Gasteiger partial charge in [-0.3, -0.25) is 9.59 Å². The third-order valence-electron chi connectivity index (χ3n) is 13.8. The molecule has 0 bridgehead atoms. The number of nitrogens with one attached hydrogen (secondary N) is 1. The van der Waals surface area contributed by atoms with Crippen molar-refractivity contribution in [2.24, 2.45) is 0 Å². The van der Waals surface area contributed by atoms with E-state index in [4.69, 9.17) is 4.74 Å². The van der Waals surface area contributed by atoms with Gasteiger partial charge in [0, 0.05) is 6.42 Å². The molecule has 386 valence electrons. The lowest BCUT2D eigenvalue weighted by Gasteiger charge is -2.24. The first-order chi connectivity index (χ1) is 32.0. The molecule has 1 amide bonds. The van der Waals surface area contributed by atoms with Crippen LogP contribution < -0.4 is 5.32 Å². The average molecular weight is 919 g/mol. The van der Waals surface area contributed by atoms with E-state index in [-0.39, 0.29) is 24.9 Å². The van der Waals surface area contributed by atoms with Crippen molar-refractivity contribution in [3.8, 4) is 0 Å². The molecule has 0 heterocycles.